The predicted octanol–water partition coefficient (Wildman–Crippen LogP) is 2.16. The Morgan fingerprint density at radius 1 is 1.53 bits per heavy atom. The molecule has 0 amide bonds. The summed E-state index contributed by atoms with van der Waals surface area (Å²) >= 11 is 4.49. The van der Waals surface area contributed by atoms with Gasteiger partial charge in [-0.15, -0.1) is 11.8 Å². The fourth-order valence-electron chi connectivity index (χ4n) is 1.08. The Morgan fingerprint density at radius 2 is 2.33 bits per heavy atom. The van der Waals surface area contributed by atoms with Gasteiger partial charge in [-0.3, -0.25) is 4.79 Å². The lowest BCUT2D eigenvalue weighted by Crippen LogP contribution is -1.97. The molecule has 0 atom stereocenters. The maximum atomic E-state index is 10.4. The van der Waals surface area contributed by atoms with E-state index in [-0.39, 0.29) is 5.75 Å². The number of rotatable bonds is 3. The number of carboxylic acid groups (broad SMARTS) is 1. The molecule has 1 aromatic carbocycles. The lowest BCUT2D eigenvalue weighted by atomic mass is 10.3. The van der Waals surface area contributed by atoms with E-state index < -0.39 is 5.97 Å². The van der Waals surface area contributed by atoms with Crippen molar-refractivity contribution in [3.05, 3.63) is 16.6 Å². The summed E-state index contributed by atoms with van der Waals surface area (Å²) in [4.78, 5) is 11.2. The van der Waals surface area contributed by atoms with Crippen LogP contribution in [0.1, 0.15) is 0 Å². The fraction of sp³-hybridized carbons (Fsp3) is 0.125. The first-order valence-corrected chi connectivity index (χ1v) is 5.71. The van der Waals surface area contributed by atoms with Gasteiger partial charge in [-0.25, -0.2) is 4.63 Å². The number of aliphatic carboxylic acids is 1. The largest absolute Gasteiger partial charge is 0.481 e. The normalized spacial score (nSPS) is 10.7. The van der Waals surface area contributed by atoms with Crippen LogP contribution in [0.5, 0.6) is 0 Å². The van der Waals surface area contributed by atoms with E-state index >= 15 is 0 Å². The van der Waals surface area contributed by atoms with Gasteiger partial charge in [-0.05, 0) is 22.4 Å². The highest BCUT2D eigenvalue weighted by Gasteiger charge is 2.10. The topological polar surface area (TPSA) is 76.2 Å². The summed E-state index contributed by atoms with van der Waals surface area (Å²) < 4.78 is 5.40. The highest BCUT2D eigenvalue weighted by Crippen LogP contribution is 2.29. The second kappa shape index (κ2) is 4.19. The number of benzene rings is 1. The van der Waals surface area contributed by atoms with Gasteiger partial charge in [0.05, 0.1) is 5.75 Å². The molecule has 78 valence electrons. The zero-order valence-corrected chi connectivity index (χ0v) is 9.71. The molecule has 1 N–H and O–H groups in total. The second-order valence-electron chi connectivity index (χ2n) is 2.72. The van der Waals surface area contributed by atoms with Gasteiger partial charge in [0.25, 0.3) is 0 Å². The Morgan fingerprint density at radius 3 is 3.07 bits per heavy atom. The van der Waals surface area contributed by atoms with Crippen molar-refractivity contribution in [2.24, 2.45) is 0 Å². The molecular formula is C8H5BrN2O3S. The number of halogens is 1. The van der Waals surface area contributed by atoms with E-state index in [9.17, 15) is 4.79 Å². The van der Waals surface area contributed by atoms with Crippen LogP contribution in [0.2, 0.25) is 0 Å². The van der Waals surface area contributed by atoms with Gasteiger partial charge in [0.1, 0.15) is 11.0 Å². The van der Waals surface area contributed by atoms with Gasteiger partial charge in [0, 0.05) is 9.37 Å². The molecule has 0 saturated heterocycles. The van der Waals surface area contributed by atoms with Crippen LogP contribution in [0.25, 0.3) is 11.0 Å². The number of carboxylic acids is 1. The minimum atomic E-state index is -0.871. The summed E-state index contributed by atoms with van der Waals surface area (Å²) in [6.45, 7) is 0. The zero-order valence-electron chi connectivity index (χ0n) is 7.31. The summed E-state index contributed by atoms with van der Waals surface area (Å²) in [7, 11) is 0. The Hall–Kier alpha value is -1.08. The molecule has 7 heteroatoms. The summed E-state index contributed by atoms with van der Waals surface area (Å²) in [5.41, 5.74) is 1.20. The standard InChI is InChI=1S/C8H5BrN2O3S/c9-4-1-5-8(11-14-10-5)6(2-4)15-3-7(12)13/h1-2H,3H2,(H,12,13). The van der Waals surface area contributed by atoms with Crippen molar-refractivity contribution < 1.29 is 14.5 Å². The Kier molecular flexibility index (Phi) is 2.92. The molecule has 0 spiro atoms. The first-order valence-electron chi connectivity index (χ1n) is 3.93. The first-order chi connectivity index (χ1) is 7.16. The molecule has 15 heavy (non-hydrogen) atoms. The van der Waals surface area contributed by atoms with Gasteiger partial charge in [0.15, 0.2) is 0 Å². The van der Waals surface area contributed by atoms with Crippen LogP contribution in [-0.4, -0.2) is 27.1 Å². The van der Waals surface area contributed by atoms with Gasteiger partial charge in [-0.2, -0.15) is 0 Å². The van der Waals surface area contributed by atoms with Crippen LogP contribution in [0.4, 0.5) is 0 Å². The highest BCUT2D eigenvalue weighted by molar-refractivity contribution is 9.10. The number of thioether (sulfide) groups is 1. The third-order valence-corrected chi connectivity index (χ3v) is 3.11. The molecule has 0 radical (unpaired) electrons. The molecule has 5 nitrogen and oxygen atoms in total. The highest BCUT2D eigenvalue weighted by atomic mass is 79.9. The molecular weight excluding hydrogens is 284 g/mol. The monoisotopic (exact) mass is 288 g/mol. The number of fused-ring (bicyclic) bond motifs is 1. The smallest absolute Gasteiger partial charge is 0.313 e. The average molecular weight is 289 g/mol. The number of nitrogens with zero attached hydrogens (tertiary/aromatic N) is 2. The molecule has 0 saturated carbocycles. The Labute approximate surface area is 96.9 Å². The van der Waals surface area contributed by atoms with E-state index in [0.717, 1.165) is 9.37 Å². The third-order valence-electron chi connectivity index (χ3n) is 1.64. The molecule has 0 aliphatic carbocycles. The zero-order chi connectivity index (χ0) is 10.8. The van der Waals surface area contributed by atoms with E-state index in [1.54, 1.807) is 12.1 Å². The van der Waals surface area contributed by atoms with Crippen LogP contribution in [-0.2, 0) is 4.79 Å². The van der Waals surface area contributed by atoms with Crippen LogP contribution < -0.4 is 0 Å². The van der Waals surface area contributed by atoms with Crippen LogP contribution >= 0.6 is 27.7 Å². The molecule has 2 aromatic rings. The van der Waals surface area contributed by atoms with Crippen LogP contribution in [0, 0.1) is 0 Å². The lowest BCUT2D eigenvalue weighted by molar-refractivity contribution is -0.133. The van der Waals surface area contributed by atoms with Crippen LogP contribution in [0.15, 0.2) is 26.1 Å². The molecule has 0 unspecified atom stereocenters. The van der Waals surface area contributed by atoms with E-state index in [2.05, 4.69) is 30.9 Å². The molecule has 0 bridgehead atoms. The number of carbonyl (C=O) groups is 1. The van der Waals surface area contributed by atoms with E-state index in [1.807, 2.05) is 0 Å². The molecule has 0 aliphatic rings. The minimum absolute atomic E-state index is 0.0155. The number of hydrogen-bond acceptors (Lipinski definition) is 5. The molecule has 0 aliphatic heterocycles. The third kappa shape index (κ3) is 2.29. The van der Waals surface area contributed by atoms with Gasteiger partial charge in [-0.1, -0.05) is 15.9 Å². The van der Waals surface area contributed by atoms with Crippen LogP contribution in [0.3, 0.4) is 0 Å². The predicted molar refractivity (Wildman–Crippen MR) is 57.9 cm³/mol. The molecule has 1 heterocycles. The maximum absolute atomic E-state index is 10.4. The summed E-state index contributed by atoms with van der Waals surface area (Å²) in [6.07, 6.45) is 0. The van der Waals surface area contributed by atoms with Crippen molar-refractivity contribution >= 4 is 44.7 Å². The van der Waals surface area contributed by atoms with E-state index in [4.69, 9.17) is 5.11 Å². The quantitative estimate of drug-likeness (QED) is 0.873. The maximum Gasteiger partial charge on any atom is 0.313 e. The number of hydrogen-bond donors (Lipinski definition) is 1. The SMILES string of the molecule is O=C(O)CSc1cc(Br)cc2nonc12. The fourth-order valence-corrected chi connectivity index (χ4v) is 2.44. The Bertz CT molecular complexity index is 514. The van der Waals surface area contributed by atoms with Crippen molar-refractivity contribution in [2.45, 2.75) is 4.90 Å². The van der Waals surface area contributed by atoms with Gasteiger partial charge < -0.3 is 5.11 Å². The van der Waals surface area contributed by atoms with Crippen molar-refractivity contribution in [1.29, 1.82) is 0 Å². The van der Waals surface area contributed by atoms with Crippen molar-refractivity contribution in [3.63, 3.8) is 0 Å². The molecule has 2 rings (SSSR count). The molecule has 1 aromatic heterocycles. The first kappa shape index (κ1) is 10.4. The van der Waals surface area contributed by atoms with E-state index in [0.29, 0.717) is 11.0 Å². The van der Waals surface area contributed by atoms with E-state index in [1.165, 1.54) is 11.8 Å². The lowest BCUT2D eigenvalue weighted by Gasteiger charge is -1.99. The average Bonchev–Trinajstić information content (AvgIpc) is 2.61. The summed E-state index contributed by atoms with van der Waals surface area (Å²) in [5, 5.41) is 16.0. The van der Waals surface area contributed by atoms with Gasteiger partial charge >= 0.3 is 5.97 Å². The van der Waals surface area contributed by atoms with Gasteiger partial charge in [0.2, 0.25) is 0 Å². The van der Waals surface area contributed by atoms with Crippen molar-refractivity contribution in [1.82, 2.24) is 10.3 Å². The summed E-state index contributed by atoms with van der Waals surface area (Å²) in [6, 6.07) is 3.55. The second-order valence-corrected chi connectivity index (χ2v) is 4.65. The van der Waals surface area contributed by atoms with Crippen molar-refractivity contribution in [2.75, 3.05) is 5.75 Å². The summed E-state index contributed by atoms with van der Waals surface area (Å²) in [5.74, 6) is -0.886. The molecule has 0 fully saturated rings. The minimum Gasteiger partial charge on any atom is -0.481 e. The van der Waals surface area contributed by atoms with Crippen molar-refractivity contribution in [3.8, 4) is 0 Å². The Balaban J connectivity index is 2.39. The number of aromatic nitrogens is 2.